The highest BCUT2D eigenvalue weighted by Gasteiger charge is 2.48. The molecule has 10 heteroatoms. The van der Waals surface area contributed by atoms with Crippen molar-refractivity contribution in [3.05, 3.63) is 36.7 Å². The Bertz CT molecular complexity index is 918. The highest BCUT2D eigenvalue weighted by Crippen LogP contribution is 2.27. The number of hydrogen-bond donors (Lipinski definition) is 0. The van der Waals surface area contributed by atoms with E-state index in [0.29, 0.717) is 17.9 Å². The molecule has 33 heavy (non-hydrogen) atoms. The molecule has 6 nitrogen and oxygen atoms in total. The van der Waals surface area contributed by atoms with Crippen LogP contribution in [-0.2, 0) is 10.1 Å². The summed E-state index contributed by atoms with van der Waals surface area (Å²) < 4.78 is 68.8. The lowest BCUT2D eigenvalue weighted by Gasteiger charge is -2.09. The second kappa shape index (κ2) is 13.4. The van der Waals surface area contributed by atoms with Crippen LogP contribution in [0, 0.1) is 0 Å². The number of hydrogen-bond acceptors (Lipinski definition) is 6. The lowest BCUT2D eigenvalue weighted by molar-refractivity contribution is -0.0500. The first kappa shape index (κ1) is 26.9. The predicted octanol–water partition coefficient (Wildman–Crippen LogP) is 6.67. The fourth-order valence-electron chi connectivity index (χ4n) is 3.16. The molecule has 1 aromatic heterocycles. The van der Waals surface area contributed by atoms with Gasteiger partial charge in [0.15, 0.2) is 11.6 Å². The Balaban J connectivity index is 1.69. The van der Waals surface area contributed by atoms with E-state index < -0.39 is 21.4 Å². The standard InChI is InChI=1S/C23H31F3N2O4S/c1-2-3-4-5-6-7-8-9-10-11-16-31-20-14-12-19(13-15-20)22-27-17-21(18-28-22)32-33(29,30)23(24,25)26/h12-15,17-18H,2-11,16H2,1H3. The molecule has 0 unspecified atom stereocenters. The van der Waals surface area contributed by atoms with Crippen molar-refractivity contribution in [1.82, 2.24) is 9.97 Å². The summed E-state index contributed by atoms with van der Waals surface area (Å²) in [5.74, 6) is 0.298. The average molecular weight is 489 g/mol. The predicted molar refractivity (Wildman–Crippen MR) is 120 cm³/mol. The molecule has 0 spiro atoms. The van der Waals surface area contributed by atoms with Crippen LogP contribution in [0.1, 0.15) is 71.1 Å². The zero-order chi connectivity index (χ0) is 24.2. The third-order valence-electron chi connectivity index (χ3n) is 5.00. The van der Waals surface area contributed by atoms with E-state index >= 15 is 0 Å². The Kier molecular flexibility index (Phi) is 10.9. The number of nitrogens with zero attached hydrogens (tertiary/aromatic N) is 2. The molecule has 1 heterocycles. The van der Waals surface area contributed by atoms with E-state index in [9.17, 15) is 21.6 Å². The number of benzene rings is 1. The van der Waals surface area contributed by atoms with Gasteiger partial charge in [0.25, 0.3) is 0 Å². The van der Waals surface area contributed by atoms with Crippen molar-refractivity contribution in [2.75, 3.05) is 6.61 Å². The number of ether oxygens (including phenoxy) is 1. The number of unbranched alkanes of at least 4 members (excludes halogenated alkanes) is 9. The van der Waals surface area contributed by atoms with Crippen LogP contribution in [0.4, 0.5) is 13.2 Å². The van der Waals surface area contributed by atoms with Gasteiger partial charge < -0.3 is 8.92 Å². The summed E-state index contributed by atoms with van der Waals surface area (Å²) >= 11 is 0. The van der Waals surface area contributed by atoms with Gasteiger partial charge in [-0.25, -0.2) is 9.97 Å². The minimum atomic E-state index is -5.75. The number of halogens is 3. The Labute approximate surface area is 193 Å². The van der Waals surface area contributed by atoms with E-state index in [1.807, 2.05) is 0 Å². The topological polar surface area (TPSA) is 78.4 Å². The number of alkyl halides is 3. The minimum absolute atomic E-state index is 0.216. The molecule has 1 aromatic carbocycles. The van der Waals surface area contributed by atoms with Gasteiger partial charge in [0.1, 0.15) is 5.75 Å². The molecule has 184 valence electrons. The second-order valence-electron chi connectivity index (χ2n) is 7.78. The van der Waals surface area contributed by atoms with Crippen LogP contribution in [0.5, 0.6) is 11.5 Å². The third kappa shape index (κ3) is 9.57. The molecule has 0 aliphatic heterocycles. The normalized spacial score (nSPS) is 12.0. The summed E-state index contributed by atoms with van der Waals surface area (Å²) in [4.78, 5) is 7.74. The van der Waals surface area contributed by atoms with Crippen LogP contribution >= 0.6 is 0 Å². The van der Waals surface area contributed by atoms with E-state index in [4.69, 9.17) is 4.74 Å². The summed E-state index contributed by atoms with van der Waals surface area (Å²) in [6.07, 6.45) is 14.3. The van der Waals surface area contributed by atoms with Crippen molar-refractivity contribution in [1.29, 1.82) is 0 Å². The number of aromatic nitrogens is 2. The molecule has 0 aliphatic rings. The van der Waals surface area contributed by atoms with E-state index in [1.54, 1.807) is 24.3 Å². The SMILES string of the molecule is CCCCCCCCCCCCOc1ccc(-c2ncc(OS(=O)(=O)C(F)(F)F)cn2)cc1. The van der Waals surface area contributed by atoms with Gasteiger partial charge in [0, 0.05) is 5.56 Å². The van der Waals surface area contributed by atoms with E-state index in [1.165, 1.54) is 51.4 Å². The van der Waals surface area contributed by atoms with Crippen molar-refractivity contribution in [3.63, 3.8) is 0 Å². The zero-order valence-corrected chi connectivity index (χ0v) is 19.6. The molecule has 2 aromatic rings. The summed E-state index contributed by atoms with van der Waals surface area (Å²) in [5, 5.41) is 0. The lowest BCUT2D eigenvalue weighted by atomic mass is 10.1. The van der Waals surface area contributed by atoms with Crippen molar-refractivity contribution in [3.8, 4) is 22.9 Å². The molecule has 0 bridgehead atoms. The van der Waals surface area contributed by atoms with Crippen molar-refractivity contribution < 1.29 is 30.5 Å². The molecule has 0 saturated heterocycles. The molecular weight excluding hydrogens is 457 g/mol. The first-order valence-electron chi connectivity index (χ1n) is 11.3. The molecule has 0 N–H and O–H groups in total. The highest BCUT2D eigenvalue weighted by atomic mass is 32.2. The van der Waals surface area contributed by atoms with Crippen LogP contribution < -0.4 is 8.92 Å². The molecular formula is C23H31F3N2O4S. The van der Waals surface area contributed by atoms with E-state index in [-0.39, 0.29) is 5.82 Å². The van der Waals surface area contributed by atoms with Crippen molar-refractivity contribution in [2.45, 2.75) is 76.6 Å². The van der Waals surface area contributed by atoms with Crippen LogP contribution in [0.3, 0.4) is 0 Å². The van der Waals surface area contributed by atoms with Gasteiger partial charge in [0.2, 0.25) is 0 Å². The van der Waals surface area contributed by atoms with Crippen molar-refractivity contribution in [2.24, 2.45) is 0 Å². The maximum Gasteiger partial charge on any atom is 0.534 e. The van der Waals surface area contributed by atoms with E-state index in [0.717, 1.165) is 25.2 Å². The molecule has 0 aliphatic carbocycles. The fourth-order valence-corrected chi connectivity index (χ4v) is 3.60. The minimum Gasteiger partial charge on any atom is -0.494 e. The van der Waals surface area contributed by atoms with Gasteiger partial charge in [-0.05, 0) is 30.7 Å². The van der Waals surface area contributed by atoms with Gasteiger partial charge in [-0.3, -0.25) is 0 Å². The molecule has 0 fully saturated rings. The summed E-state index contributed by atoms with van der Waals surface area (Å²) in [6, 6.07) is 6.95. The maximum atomic E-state index is 12.4. The van der Waals surface area contributed by atoms with Crippen molar-refractivity contribution >= 4 is 10.1 Å². The molecule has 0 amide bonds. The van der Waals surface area contributed by atoms with Crippen LogP contribution in [0.25, 0.3) is 11.4 Å². The Morgan fingerprint density at radius 2 is 1.30 bits per heavy atom. The summed E-state index contributed by atoms with van der Waals surface area (Å²) in [6.45, 7) is 2.86. The zero-order valence-electron chi connectivity index (χ0n) is 18.8. The summed E-state index contributed by atoms with van der Waals surface area (Å²) in [7, 11) is -5.75. The first-order chi connectivity index (χ1) is 15.7. The van der Waals surface area contributed by atoms with Gasteiger partial charge in [0.05, 0.1) is 19.0 Å². The lowest BCUT2D eigenvalue weighted by Crippen LogP contribution is -2.28. The third-order valence-corrected chi connectivity index (χ3v) is 5.98. The Morgan fingerprint density at radius 1 is 0.788 bits per heavy atom. The molecule has 0 atom stereocenters. The first-order valence-corrected chi connectivity index (χ1v) is 12.7. The summed E-state index contributed by atoms with van der Waals surface area (Å²) in [5.41, 5.74) is -4.92. The smallest absolute Gasteiger partial charge is 0.494 e. The molecule has 0 saturated carbocycles. The van der Waals surface area contributed by atoms with Gasteiger partial charge >= 0.3 is 15.6 Å². The molecule has 0 radical (unpaired) electrons. The molecule has 2 rings (SSSR count). The van der Waals surface area contributed by atoms with Crippen LogP contribution in [0.2, 0.25) is 0 Å². The van der Waals surface area contributed by atoms with Gasteiger partial charge in [-0.1, -0.05) is 64.7 Å². The van der Waals surface area contributed by atoms with Crippen LogP contribution in [0.15, 0.2) is 36.7 Å². The quantitative estimate of drug-likeness (QED) is 0.158. The van der Waals surface area contributed by atoms with Gasteiger partial charge in [-0.2, -0.15) is 21.6 Å². The largest absolute Gasteiger partial charge is 0.534 e. The van der Waals surface area contributed by atoms with Crippen LogP contribution in [-0.4, -0.2) is 30.5 Å². The van der Waals surface area contributed by atoms with E-state index in [2.05, 4.69) is 21.1 Å². The highest BCUT2D eigenvalue weighted by molar-refractivity contribution is 7.88. The number of rotatable bonds is 15. The fraction of sp³-hybridized carbons (Fsp3) is 0.565. The average Bonchev–Trinajstić information content (AvgIpc) is 2.77. The van der Waals surface area contributed by atoms with Gasteiger partial charge in [-0.15, -0.1) is 0 Å². The Morgan fingerprint density at radius 3 is 1.82 bits per heavy atom. The Hall–Kier alpha value is -2.36. The monoisotopic (exact) mass is 488 g/mol. The second-order valence-corrected chi connectivity index (χ2v) is 9.32. The maximum absolute atomic E-state index is 12.4.